The van der Waals surface area contributed by atoms with E-state index < -0.39 is 29.7 Å². The van der Waals surface area contributed by atoms with Crippen LogP contribution in [0, 0.1) is 0 Å². The summed E-state index contributed by atoms with van der Waals surface area (Å²) < 4.78 is 0.928. The fourth-order valence-corrected chi connectivity index (χ4v) is 1.20. The van der Waals surface area contributed by atoms with Crippen molar-refractivity contribution in [2.45, 2.75) is 12.6 Å². The summed E-state index contributed by atoms with van der Waals surface area (Å²) in [4.78, 5) is 35.9. The largest absolute Gasteiger partial charge is 0.384 e. The molecular formula is C8H12N4O4. The van der Waals surface area contributed by atoms with Crippen molar-refractivity contribution >= 4 is 11.6 Å². The maximum absolute atomic E-state index is 11.5. The SMILES string of the molecule is Cn1c(N)c(C(=O)CC(N)O)c(=O)[nH]c1=O. The van der Waals surface area contributed by atoms with Gasteiger partial charge in [-0.05, 0) is 0 Å². The average molecular weight is 228 g/mol. The highest BCUT2D eigenvalue weighted by atomic mass is 16.3. The highest BCUT2D eigenvalue weighted by Crippen LogP contribution is 2.05. The van der Waals surface area contributed by atoms with Gasteiger partial charge in [-0.15, -0.1) is 0 Å². The van der Waals surface area contributed by atoms with Gasteiger partial charge in [-0.25, -0.2) is 4.79 Å². The van der Waals surface area contributed by atoms with Crippen molar-refractivity contribution in [3.63, 3.8) is 0 Å². The summed E-state index contributed by atoms with van der Waals surface area (Å²) in [5.74, 6) is -0.969. The summed E-state index contributed by atoms with van der Waals surface area (Å²) in [5, 5.41) is 8.83. The third-order valence-corrected chi connectivity index (χ3v) is 2.04. The molecule has 1 aromatic heterocycles. The first kappa shape index (κ1) is 12.1. The molecule has 16 heavy (non-hydrogen) atoms. The van der Waals surface area contributed by atoms with Crippen LogP contribution in [0.4, 0.5) is 5.82 Å². The van der Waals surface area contributed by atoms with Gasteiger partial charge < -0.3 is 16.6 Å². The minimum atomic E-state index is -1.37. The number of aliphatic hydroxyl groups excluding tert-OH is 1. The zero-order chi connectivity index (χ0) is 12.5. The number of nitrogens with zero attached hydrogens (tertiary/aromatic N) is 1. The molecule has 1 unspecified atom stereocenters. The van der Waals surface area contributed by atoms with E-state index in [9.17, 15) is 14.4 Å². The third-order valence-electron chi connectivity index (χ3n) is 2.04. The molecule has 88 valence electrons. The van der Waals surface area contributed by atoms with Gasteiger partial charge in [0.25, 0.3) is 5.56 Å². The van der Waals surface area contributed by atoms with E-state index in [0.717, 1.165) is 4.57 Å². The quantitative estimate of drug-likeness (QED) is 0.332. The molecule has 0 aliphatic rings. The van der Waals surface area contributed by atoms with Crippen LogP contribution in [0.3, 0.4) is 0 Å². The van der Waals surface area contributed by atoms with Gasteiger partial charge >= 0.3 is 5.69 Å². The van der Waals surface area contributed by atoms with E-state index in [0.29, 0.717) is 0 Å². The maximum atomic E-state index is 11.5. The lowest BCUT2D eigenvalue weighted by atomic mass is 10.1. The van der Waals surface area contributed by atoms with Gasteiger partial charge in [0.05, 0.1) is 6.42 Å². The maximum Gasteiger partial charge on any atom is 0.329 e. The van der Waals surface area contributed by atoms with Gasteiger partial charge in [-0.1, -0.05) is 0 Å². The van der Waals surface area contributed by atoms with Gasteiger partial charge in [0.15, 0.2) is 5.78 Å². The Balaban J connectivity index is 3.35. The number of carbonyl (C=O) groups is 1. The molecule has 0 amide bonds. The Kier molecular flexibility index (Phi) is 3.25. The molecule has 8 nitrogen and oxygen atoms in total. The fourth-order valence-electron chi connectivity index (χ4n) is 1.20. The summed E-state index contributed by atoms with van der Waals surface area (Å²) in [6, 6.07) is 0. The van der Waals surface area contributed by atoms with E-state index in [1.165, 1.54) is 7.05 Å². The van der Waals surface area contributed by atoms with Gasteiger partial charge in [0.2, 0.25) is 0 Å². The predicted molar refractivity (Wildman–Crippen MR) is 55.9 cm³/mol. The predicted octanol–water partition coefficient (Wildman–Crippen LogP) is -2.49. The van der Waals surface area contributed by atoms with Crippen LogP contribution in [0.15, 0.2) is 9.59 Å². The number of Topliss-reactive ketones (excluding diaryl/α,β-unsaturated/α-hetero) is 1. The van der Waals surface area contributed by atoms with Crippen molar-refractivity contribution < 1.29 is 9.90 Å². The number of nitrogens with one attached hydrogen (secondary N) is 1. The molecule has 0 aliphatic heterocycles. The van der Waals surface area contributed by atoms with Crippen molar-refractivity contribution in [2.75, 3.05) is 5.73 Å². The Labute approximate surface area is 89.5 Å². The molecule has 0 radical (unpaired) electrons. The van der Waals surface area contributed by atoms with Crippen LogP contribution in [0.2, 0.25) is 0 Å². The van der Waals surface area contributed by atoms with E-state index >= 15 is 0 Å². The van der Waals surface area contributed by atoms with Crippen molar-refractivity contribution in [1.82, 2.24) is 9.55 Å². The monoisotopic (exact) mass is 228 g/mol. The number of anilines is 1. The molecule has 0 fully saturated rings. The Morgan fingerprint density at radius 2 is 2.12 bits per heavy atom. The number of nitrogen functional groups attached to an aromatic ring is 1. The van der Waals surface area contributed by atoms with E-state index in [1.54, 1.807) is 0 Å². The van der Waals surface area contributed by atoms with Gasteiger partial charge in [-0.2, -0.15) is 0 Å². The molecule has 6 N–H and O–H groups in total. The van der Waals surface area contributed by atoms with Gasteiger partial charge in [0.1, 0.15) is 17.6 Å². The number of rotatable bonds is 3. The van der Waals surface area contributed by atoms with Crippen molar-refractivity contribution in [3.05, 3.63) is 26.4 Å². The lowest BCUT2D eigenvalue weighted by molar-refractivity contribution is 0.0887. The number of aromatic amines is 1. The second-order valence-corrected chi connectivity index (χ2v) is 3.27. The van der Waals surface area contributed by atoms with Crippen LogP contribution in [0.25, 0.3) is 0 Å². The summed E-state index contributed by atoms with van der Waals surface area (Å²) in [6.07, 6.45) is -1.81. The number of hydrogen-bond donors (Lipinski definition) is 4. The Bertz CT molecular complexity index is 528. The Morgan fingerprint density at radius 3 is 2.62 bits per heavy atom. The van der Waals surface area contributed by atoms with E-state index in [4.69, 9.17) is 16.6 Å². The Hall–Kier alpha value is -1.93. The topological polar surface area (TPSA) is 144 Å². The first-order chi connectivity index (χ1) is 7.34. The number of nitrogens with two attached hydrogens (primary N) is 2. The normalized spacial score (nSPS) is 12.4. The van der Waals surface area contributed by atoms with Crippen LogP contribution in [-0.4, -0.2) is 26.7 Å². The number of carbonyl (C=O) groups excluding carboxylic acids is 1. The van der Waals surface area contributed by atoms with E-state index in [1.807, 2.05) is 4.98 Å². The second kappa shape index (κ2) is 4.29. The smallest absolute Gasteiger partial charge is 0.329 e. The number of aliphatic hydroxyl groups is 1. The molecule has 0 saturated heterocycles. The fraction of sp³-hybridized carbons (Fsp3) is 0.375. The van der Waals surface area contributed by atoms with E-state index in [-0.39, 0.29) is 11.4 Å². The van der Waals surface area contributed by atoms with Crippen LogP contribution in [-0.2, 0) is 7.05 Å². The third kappa shape index (κ3) is 2.18. The average Bonchev–Trinajstić information content (AvgIpc) is 2.13. The Morgan fingerprint density at radius 1 is 1.56 bits per heavy atom. The minimum Gasteiger partial charge on any atom is -0.384 e. The van der Waals surface area contributed by atoms with Crippen LogP contribution in [0.5, 0.6) is 0 Å². The first-order valence-electron chi connectivity index (χ1n) is 4.40. The van der Waals surface area contributed by atoms with Gasteiger partial charge in [0, 0.05) is 7.05 Å². The molecule has 1 atom stereocenters. The number of H-pyrrole nitrogens is 1. The zero-order valence-corrected chi connectivity index (χ0v) is 8.56. The molecule has 0 saturated carbocycles. The zero-order valence-electron chi connectivity index (χ0n) is 8.56. The standard InChI is InChI=1S/C8H12N4O4/c1-12-6(10)5(3(13)2-4(9)14)7(15)11-8(12)16/h4,14H,2,9-10H2,1H3,(H,11,15,16). The first-order valence-corrected chi connectivity index (χ1v) is 4.40. The molecule has 8 heteroatoms. The number of aromatic nitrogens is 2. The highest BCUT2D eigenvalue weighted by molar-refractivity contribution is 5.99. The van der Waals surface area contributed by atoms with Crippen molar-refractivity contribution in [3.8, 4) is 0 Å². The van der Waals surface area contributed by atoms with Crippen LogP contribution >= 0.6 is 0 Å². The highest BCUT2D eigenvalue weighted by Gasteiger charge is 2.19. The summed E-state index contributed by atoms with van der Waals surface area (Å²) >= 11 is 0. The number of ketones is 1. The van der Waals surface area contributed by atoms with Crippen molar-refractivity contribution in [1.29, 1.82) is 0 Å². The molecular weight excluding hydrogens is 216 g/mol. The molecule has 0 bridgehead atoms. The molecule has 1 rings (SSSR count). The molecule has 1 aromatic rings. The summed E-state index contributed by atoms with van der Waals surface area (Å²) in [7, 11) is 1.31. The minimum absolute atomic E-state index is 0.251. The van der Waals surface area contributed by atoms with Crippen molar-refractivity contribution in [2.24, 2.45) is 12.8 Å². The van der Waals surface area contributed by atoms with E-state index in [2.05, 4.69) is 0 Å². The lowest BCUT2D eigenvalue weighted by Crippen LogP contribution is -2.36. The lowest BCUT2D eigenvalue weighted by Gasteiger charge is -2.08. The van der Waals surface area contributed by atoms with Crippen LogP contribution in [0.1, 0.15) is 16.8 Å². The molecule has 0 aromatic carbocycles. The molecule has 0 spiro atoms. The van der Waals surface area contributed by atoms with Gasteiger partial charge in [-0.3, -0.25) is 19.1 Å². The van der Waals surface area contributed by atoms with Crippen LogP contribution < -0.4 is 22.7 Å². The molecule has 1 heterocycles. The number of hydrogen-bond acceptors (Lipinski definition) is 6. The summed E-state index contributed by atoms with van der Waals surface area (Å²) in [6.45, 7) is 0. The second-order valence-electron chi connectivity index (χ2n) is 3.27. The summed E-state index contributed by atoms with van der Waals surface area (Å²) in [5.41, 5.74) is 8.51. The molecule has 0 aliphatic carbocycles.